The Hall–Kier alpha value is -2.53. The van der Waals surface area contributed by atoms with Gasteiger partial charge in [-0.3, -0.25) is 9.59 Å². The van der Waals surface area contributed by atoms with Crippen LogP contribution in [0.5, 0.6) is 5.75 Å². The summed E-state index contributed by atoms with van der Waals surface area (Å²) in [7, 11) is 0. The predicted molar refractivity (Wildman–Crippen MR) is 119 cm³/mol. The first-order valence-electron chi connectivity index (χ1n) is 10.2. The van der Waals surface area contributed by atoms with E-state index in [9.17, 15) is 9.59 Å². The molecule has 1 aliphatic heterocycles. The molecule has 1 saturated heterocycles. The van der Waals surface area contributed by atoms with Crippen LogP contribution in [0.3, 0.4) is 0 Å². The molecule has 0 unspecified atom stereocenters. The second-order valence-electron chi connectivity index (χ2n) is 8.69. The Bertz CT molecular complexity index is 928. The Kier molecular flexibility index (Phi) is 6.71. The van der Waals surface area contributed by atoms with Gasteiger partial charge in [0.25, 0.3) is 11.8 Å². The van der Waals surface area contributed by atoms with E-state index in [1.165, 1.54) is 0 Å². The van der Waals surface area contributed by atoms with Crippen molar-refractivity contribution < 1.29 is 14.3 Å². The van der Waals surface area contributed by atoms with Crippen LogP contribution < -0.4 is 4.74 Å². The molecule has 0 spiro atoms. The Morgan fingerprint density at radius 1 is 1.00 bits per heavy atom. The van der Waals surface area contributed by atoms with Gasteiger partial charge in [0, 0.05) is 26.2 Å². The Morgan fingerprint density at radius 3 is 2.27 bits per heavy atom. The van der Waals surface area contributed by atoms with Crippen LogP contribution in [0.4, 0.5) is 0 Å². The second-order valence-corrected chi connectivity index (χ2v) is 9.10. The van der Waals surface area contributed by atoms with Gasteiger partial charge in [0.05, 0.1) is 10.6 Å². The maximum atomic E-state index is 12.7. The zero-order chi connectivity index (χ0) is 21.9. The second kappa shape index (κ2) is 9.09. The third-order valence-electron chi connectivity index (χ3n) is 5.32. The Balaban J connectivity index is 1.57. The van der Waals surface area contributed by atoms with Gasteiger partial charge in [-0.25, -0.2) is 0 Å². The topological polar surface area (TPSA) is 49.9 Å². The minimum atomic E-state index is -0.0987. The molecule has 0 aromatic heterocycles. The van der Waals surface area contributed by atoms with Crippen molar-refractivity contribution in [1.82, 2.24) is 9.80 Å². The van der Waals surface area contributed by atoms with E-state index in [-0.39, 0.29) is 23.8 Å². The van der Waals surface area contributed by atoms with Crippen LogP contribution in [0.2, 0.25) is 5.02 Å². The highest BCUT2D eigenvalue weighted by Crippen LogP contribution is 2.32. The van der Waals surface area contributed by atoms with Gasteiger partial charge in [0.1, 0.15) is 5.75 Å². The van der Waals surface area contributed by atoms with Crippen molar-refractivity contribution in [3.63, 3.8) is 0 Å². The zero-order valence-electron chi connectivity index (χ0n) is 18.1. The molecule has 160 valence electrons. The van der Waals surface area contributed by atoms with Crippen LogP contribution in [-0.4, -0.2) is 54.4 Å². The van der Waals surface area contributed by atoms with Gasteiger partial charge in [-0.2, -0.15) is 0 Å². The summed E-state index contributed by atoms with van der Waals surface area (Å²) in [6, 6.07) is 13.1. The van der Waals surface area contributed by atoms with Crippen LogP contribution in [0.15, 0.2) is 42.5 Å². The lowest BCUT2D eigenvalue weighted by Gasteiger charge is -2.35. The van der Waals surface area contributed by atoms with Crippen molar-refractivity contribution in [1.29, 1.82) is 0 Å². The van der Waals surface area contributed by atoms with Gasteiger partial charge in [0.2, 0.25) is 0 Å². The van der Waals surface area contributed by atoms with Gasteiger partial charge in [0.15, 0.2) is 6.61 Å². The highest BCUT2D eigenvalue weighted by molar-refractivity contribution is 6.33. The van der Waals surface area contributed by atoms with E-state index in [2.05, 4.69) is 26.8 Å². The average molecular weight is 429 g/mol. The number of carbonyl (C=O) groups excluding carboxylic acids is 2. The maximum Gasteiger partial charge on any atom is 0.260 e. The number of nitrogens with zero attached hydrogens (tertiary/aromatic N) is 2. The molecule has 5 nitrogen and oxygen atoms in total. The molecule has 1 heterocycles. The normalized spacial score (nSPS) is 14.6. The standard InChI is InChI=1S/C24H29ClN2O3/c1-17-9-10-21(19(15-17)24(2,3)4)30-16-22(28)26-11-13-27(14-12-26)23(29)18-7-5-6-8-20(18)25/h5-10,15H,11-14,16H2,1-4H3. The van der Waals surface area contributed by atoms with Crippen molar-refractivity contribution in [2.45, 2.75) is 33.1 Å². The molecule has 6 heteroatoms. The van der Waals surface area contributed by atoms with Crippen LogP contribution in [0, 0.1) is 6.92 Å². The molecule has 0 aliphatic carbocycles. The summed E-state index contributed by atoms with van der Waals surface area (Å²) in [6.07, 6.45) is 0. The molecule has 1 aliphatic rings. The van der Waals surface area contributed by atoms with Gasteiger partial charge in [-0.1, -0.05) is 62.2 Å². The molecule has 2 amide bonds. The first kappa shape index (κ1) is 22.2. The quantitative estimate of drug-likeness (QED) is 0.729. The minimum absolute atomic E-state index is 0.00932. The Morgan fingerprint density at radius 2 is 1.63 bits per heavy atom. The van der Waals surface area contributed by atoms with Crippen molar-refractivity contribution in [3.05, 3.63) is 64.2 Å². The summed E-state index contributed by atoms with van der Waals surface area (Å²) < 4.78 is 5.90. The summed E-state index contributed by atoms with van der Waals surface area (Å²) in [6.45, 7) is 10.4. The molecular formula is C24H29ClN2O3. The van der Waals surface area contributed by atoms with Crippen molar-refractivity contribution in [3.8, 4) is 5.75 Å². The van der Waals surface area contributed by atoms with Gasteiger partial charge in [-0.05, 0) is 36.1 Å². The lowest BCUT2D eigenvalue weighted by molar-refractivity contribution is -0.134. The number of piperazine rings is 1. The fourth-order valence-corrected chi connectivity index (χ4v) is 3.77. The lowest BCUT2D eigenvalue weighted by atomic mass is 9.85. The van der Waals surface area contributed by atoms with Crippen LogP contribution >= 0.6 is 11.6 Å². The number of hydrogen-bond donors (Lipinski definition) is 0. The average Bonchev–Trinajstić information content (AvgIpc) is 2.72. The highest BCUT2D eigenvalue weighted by Gasteiger charge is 2.26. The molecule has 0 radical (unpaired) electrons. The van der Waals surface area contributed by atoms with Crippen LogP contribution in [0.25, 0.3) is 0 Å². The number of aryl methyl sites for hydroxylation is 1. The fourth-order valence-electron chi connectivity index (χ4n) is 3.55. The number of carbonyl (C=O) groups is 2. The third kappa shape index (κ3) is 5.14. The molecule has 3 rings (SSSR count). The van der Waals surface area contributed by atoms with E-state index in [0.717, 1.165) is 16.9 Å². The first-order valence-corrected chi connectivity index (χ1v) is 10.6. The smallest absolute Gasteiger partial charge is 0.260 e. The summed E-state index contributed by atoms with van der Waals surface area (Å²) in [5.41, 5.74) is 2.68. The van der Waals surface area contributed by atoms with Crippen molar-refractivity contribution in [2.24, 2.45) is 0 Å². The SMILES string of the molecule is Cc1ccc(OCC(=O)N2CCN(C(=O)c3ccccc3Cl)CC2)c(C(C)(C)C)c1. The highest BCUT2D eigenvalue weighted by atomic mass is 35.5. The Labute approximate surface area is 183 Å². The summed E-state index contributed by atoms with van der Waals surface area (Å²) in [5.74, 6) is 0.577. The number of ether oxygens (including phenoxy) is 1. The molecular weight excluding hydrogens is 400 g/mol. The monoisotopic (exact) mass is 428 g/mol. The number of halogens is 1. The number of benzene rings is 2. The molecule has 0 saturated carbocycles. The van der Waals surface area contributed by atoms with Crippen molar-refractivity contribution >= 4 is 23.4 Å². The molecule has 0 bridgehead atoms. The van der Waals surface area contributed by atoms with Gasteiger partial charge < -0.3 is 14.5 Å². The minimum Gasteiger partial charge on any atom is -0.483 e. The zero-order valence-corrected chi connectivity index (χ0v) is 18.8. The van der Waals surface area contributed by atoms with Crippen molar-refractivity contribution in [2.75, 3.05) is 32.8 Å². The molecule has 2 aromatic carbocycles. The predicted octanol–water partition coefficient (Wildman–Crippen LogP) is 4.31. The summed E-state index contributed by atoms with van der Waals surface area (Å²) in [4.78, 5) is 28.8. The van der Waals surface area contributed by atoms with Crippen LogP contribution in [-0.2, 0) is 10.2 Å². The molecule has 30 heavy (non-hydrogen) atoms. The number of amides is 2. The largest absolute Gasteiger partial charge is 0.483 e. The maximum absolute atomic E-state index is 12.7. The summed E-state index contributed by atoms with van der Waals surface area (Å²) >= 11 is 6.14. The van der Waals surface area contributed by atoms with E-state index >= 15 is 0 Å². The fraction of sp³-hybridized carbons (Fsp3) is 0.417. The third-order valence-corrected chi connectivity index (χ3v) is 5.65. The molecule has 1 fully saturated rings. The van der Waals surface area contributed by atoms with E-state index in [1.807, 2.05) is 19.1 Å². The van der Waals surface area contributed by atoms with E-state index < -0.39 is 0 Å². The molecule has 0 atom stereocenters. The van der Waals surface area contributed by atoms with Crippen LogP contribution in [0.1, 0.15) is 42.3 Å². The summed E-state index contributed by atoms with van der Waals surface area (Å²) in [5, 5.41) is 0.446. The lowest BCUT2D eigenvalue weighted by Crippen LogP contribution is -2.51. The van der Waals surface area contributed by atoms with Gasteiger partial charge >= 0.3 is 0 Å². The molecule has 0 N–H and O–H groups in total. The van der Waals surface area contributed by atoms with E-state index in [1.54, 1.807) is 34.1 Å². The molecule has 2 aromatic rings. The number of rotatable bonds is 4. The van der Waals surface area contributed by atoms with E-state index in [0.29, 0.717) is 36.8 Å². The van der Waals surface area contributed by atoms with E-state index in [4.69, 9.17) is 16.3 Å². The first-order chi connectivity index (χ1) is 14.2. The van der Waals surface area contributed by atoms with Gasteiger partial charge in [-0.15, -0.1) is 0 Å². The number of hydrogen-bond acceptors (Lipinski definition) is 3.